The van der Waals surface area contributed by atoms with Gasteiger partial charge in [0.25, 0.3) is 5.56 Å². The van der Waals surface area contributed by atoms with Gasteiger partial charge < -0.3 is 10.2 Å². The van der Waals surface area contributed by atoms with Crippen LogP contribution in [0.2, 0.25) is 15.1 Å². The van der Waals surface area contributed by atoms with Gasteiger partial charge in [0.05, 0.1) is 26.9 Å². The summed E-state index contributed by atoms with van der Waals surface area (Å²) in [6.07, 6.45) is 4.60. The SMILES string of the molecule is CN1C2CCC1CC(Nc1cc3c(ccc(=O)n3-c3c(Cl)cccc3Cl)c(-c3ccccc3Cl)n1)C2. The molecule has 6 rings (SSSR count). The van der Waals surface area contributed by atoms with Crippen LogP contribution in [0.15, 0.2) is 65.5 Å². The summed E-state index contributed by atoms with van der Waals surface area (Å²) in [5, 5.41) is 5.86. The van der Waals surface area contributed by atoms with Crippen molar-refractivity contribution in [2.24, 2.45) is 0 Å². The molecule has 8 heteroatoms. The molecule has 2 unspecified atom stereocenters. The van der Waals surface area contributed by atoms with Gasteiger partial charge in [-0.15, -0.1) is 0 Å². The van der Waals surface area contributed by atoms with Crippen molar-refractivity contribution in [2.75, 3.05) is 12.4 Å². The second-order valence-electron chi connectivity index (χ2n) is 9.71. The highest BCUT2D eigenvalue weighted by Gasteiger charge is 2.38. The van der Waals surface area contributed by atoms with Gasteiger partial charge in [0.1, 0.15) is 5.82 Å². The summed E-state index contributed by atoms with van der Waals surface area (Å²) in [6, 6.07) is 19.6. The fourth-order valence-electron chi connectivity index (χ4n) is 5.84. The van der Waals surface area contributed by atoms with Crippen LogP contribution in [0.3, 0.4) is 0 Å². The number of piperidine rings is 1. The minimum absolute atomic E-state index is 0.225. The largest absolute Gasteiger partial charge is 0.367 e. The fourth-order valence-corrected chi connectivity index (χ4v) is 6.63. The lowest BCUT2D eigenvalue weighted by atomic mass is 9.98. The Bertz CT molecular complexity index is 1500. The Morgan fingerprint density at radius 1 is 0.889 bits per heavy atom. The lowest BCUT2D eigenvalue weighted by molar-refractivity contribution is 0.169. The first-order valence-corrected chi connectivity index (χ1v) is 13.3. The first kappa shape index (κ1) is 23.8. The maximum atomic E-state index is 13.3. The summed E-state index contributed by atoms with van der Waals surface area (Å²) in [5.74, 6) is 0.703. The summed E-state index contributed by atoms with van der Waals surface area (Å²) in [5.41, 5.74) is 2.40. The van der Waals surface area contributed by atoms with Crippen LogP contribution in [-0.4, -0.2) is 39.6 Å². The molecule has 2 aliphatic rings. The van der Waals surface area contributed by atoms with E-state index in [2.05, 4.69) is 17.3 Å². The van der Waals surface area contributed by atoms with Crippen LogP contribution in [0.1, 0.15) is 25.7 Å². The smallest absolute Gasteiger partial charge is 0.255 e. The Balaban J connectivity index is 1.57. The number of nitrogens with zero attached hydrogens (tertiary/aromatic N) is 3. The maximum Gasteiger partial charge on any atom is 0.255 e. The van der Waals surface area contributed by atoms with Crippen molar-refractivity contribution in [3.8, 4) is 16.9 Å². The van der Waals surface area contributed by atoms with Crippen LogP contribution in [-0.2, 0) is 0 Å². The van der Waals surface area contributed by atoms with E-state index in [9.17, 15) is 4.79 Å². The lowest BCUT2D eigenvalue weighted by Gasteiger charge is -2.36. The predicted molar refractivity (Wildman–Crippen MR) is 149 cm³/mol. The average molecular weight is 540 g/mol. The minimum Gasteiger partial charge on any atom is -0.367 e. The van der Waals surface area contributed by atoms with Crippen molar-refractivity contribution in [1.82, 2.24) is 14.5 Å². The van der Waals surface area contributed by atoms with Gasteiger partial charge >= 0.3 is 0 Å². The zero-order valence-corrected chi connectivity index (χ0v) is 22.0. The lowest BCUT2D eigenvalue weighted by Crippen LogP contribution is -2.44. The monoisotopic (exact) mass is 538 g/mol. The molecule has 1 N–H and O–H groups in total. The van der Waals surface area contributed by atoms with Crippen molar-refractivity contribution >= 4 is 51.5 Å². The Morgan fingerprint density at radius 3 is 2.25 bits per heavy atom. The highest BCUT2D eigenvalue weighted by Crippen LogP contribution is 2.38. The highest BCUT2D eigenvalue weighted by atomic mass is 35.5. The molecule has 2 aromatic heterocycles. The molecular weight excluding hydrogens is 515 g/mol. The number of aromatic nitrogens is 2. The van der Waals surface area contributed by atoms with Gasteiger partial charge in [-0.2, -0.15) is 0 Å². The molecule has 4 aromatic rings. The Morgan fingerprint density at radius 2 is 1.56 bits per heavy atom. The normalized spacial score (nSPS) is 21.7. The number of pyridine rings is 2. The van der Waals surface area contributed by atoms with Crippen molar-refractivity contribution < 1.29 is 0 Å². The zero-order valence-electron chi connectivity index (χ0n) is 19.7. The summed E-state index contributed by atoms with van der Waals surface area (Å²) < 4.78 is 1.57. The van der Waals surface area contributed by atoms with Crippen molar-refractivity contribution in [2.45, 2.75) is 43.8 Å². The van der Waals surface area contributed by atoms with E-state index in [0.717, 1.165) is 23.8 Å². The number of fused-ring (bicyclic) bond motifs is 3. The van der Waals surface area contributed by atoms with E-state index in [0.29, 0.717) is 55.9 Å². The molecule has 2 aliphatic heterocycles. The summed E-state index contributed by atoms with van der Waals surface area (Å²) >= 11 is 19.8. The summed E-state index contributed by atoms with van der Waals surface area (Å²) in [6.45, 7) is 0. The van der Waals surface area contributed by atoms with E-state index >= 15 is 0 Å². The molecule has 0 spiro atoms. The van der Waals surface area contributed by atoms with E-state index in [4.69, 9.17) is 39.8 Å². The van der Waals surface area contributed by atoms with Crippen LogP contribution in [0.25, 0.3) is 27.8 Å². The van der Waals surface area contributed by atoms with Crippen molar-refractivity contribution in [3.05, 3.63) is 86.1 Å². The van der Waals surface area contributed by atoms with Crippen molar-refractivity contribution in [3.63, 3.8) is 0 Å². The van der Waals surface area contributed by atoms with Gasteiger partial charge in [-0.3, -0.25) is 9.36 Å². The van der Waals surface area contributed by atoms with Gasteiger partial charge in [0.2, 0.25) is 0 Å². The molecule has 4 heterocycles. The van der Waals surface area contributed by atoms with E-state index in [1.807, 2.05) is 30.3 Å². The quantitative estimate of drug-likeness (QED) is 0.302. The van der Waals surface area contributed by atoms with Crippen LogP contribution >= 0.6 is 34.8 Å². The minimum atomic E-state index is -0.225. The molecule has 184 valence electrons. The third-order valence-electron chi connectivity index (χ3n) is 7.63. The van der Waals surface area contributed by atoms with Gasteiger partial charge in [0, 0.05) is 46.2 Å². The number of benzene rings is 2. The number of rotatable bonds is 4. The maximum absolute atomic E-state index is 13.3. The van der Waals surface area contributed by atoms with E-state index in [1.165, 1.54) is 18.9 Å². The number of anilines is 1. The third-order valence-corrected chi connectivity index (χ3v) is 8.57. The standard InChI is InChI=1S/C28H25Cl3N4O/c1-34-17-9-10-18(34)14-16(13-17)32-25-15-24-20(27(33-25)19-5-2-3-6-21(19)29)11-12-26(36)35(24)28-22(30)7-4-8-23(28)31/h2-8,11-12,15-18H,9-10,13-14H2,1H3,(H,32,33). The molecule has 0 saturated carbocycles. The molecule has 2 aromatic carbocycles. The van der Waals surface area contributed by atoms with Gasteiger partial charge in [-0.1, -0.05) is 59.1 Å². The van der Waals surface area contributed by atoms with E-state index in [-0.39, 0.29) is 5.56 Å². The molecule has 2 atom stereocenters. The van der Waals surface area contributed by atoms with Gasteiger partial charge in [-0.05, 0) is 57.0 Å². The second kappa shape index (κ2) is 9.38. The molecule has 0 radical (unpaired) electrons. The average Bonchev–Trinajstić information content (AvgIpc) is 3.05. The Hall–Kier alpha value is -2.57. The zero-order chi connectivity index (χ0) is 25.0. The van der Waals surface area contributed by atoms with Crippen LogP contribution < -0.4 is 10.9 Å². The fraction of sp³-hybridized carbons (Fsp3) is 0.286. The number of halogens is 3. The molecule has 0 amide bonds. The highest BCUT2D eigenvalue weighted by molar-refractivity contribution is 6.38. The topological polar surface area (TPSA) is 50.2 Å². The summed E-state index contributed by atoms with van der Waals surface area (Å²) in [7, 11) is 2.23. The molecule has 2 bridgehead atoms. The molecule has 0 aliphatic carbocycles. The number of nitrogens with one attached hydrogen (secondary N) is 1. The molecule has 5 nitrogen and oxygen atoms in total. The van der Waals surface area contributed by atoms with Gasteiger partial charge in [-0.25, -0.2) is 4.98 Å². The molecular formula is C28H25Cl3N4O. The van der Waals surface area contributed by atoms with Crippen LogP contribution in [0.4, 0.5) is 5.82 Å². The third kappa shape index (κ3) is 4.08. The Kier molecular flexibility index (Phi) is 6.21. The van der Waals surface area contributed by atoms with Crippen LogP contribution in [0.5, 0.6) is 0 Å². The van der Waals surface area contributed by atoms with Crippen LogP contribution in [0, 0.1) is 0 Å². The number of para-hydroxylation sites is 1. The van der Waals surface area contributed by atoms with E-state index in [1.54, 1.807) is 28.8 Å². The molecule has 2 saturated heterocycles. The second-order valence-corrected chi connectivity index (χ2v) is 10.9. The van der Waals surface area contributed by atoms with Gasteiger partial charge in [0.15, 0.2) is 0 Å². The number of hydrogen-bond donors (Lipinski definition) is 1. The summed E-state index contributed by atoms with van der Waals surface area (Å²) in [4.78, 5) is 20.8. The number of hydrogen-bond acceptors (Lipinski definition) is 4. The molecule has 36 heavy (non-hydrogen) atoms. The predicted octanol–water partition coefficient (Wildman–Crippen LogP) is 7.05. The first-order valence-electron chi connectivity index (χ1n) is 12.2. The van der Waals surface area contributed by atoms with E-state index < -0.39 is 0 Å². The molecule has 2 fully saturated rings. The first-order chi connectivity index (χ1) is 17.4. The van der Waals surface area contributed by atoms with Crippen molar-refractivity contribution in [1.29, 1.82) is 0 Å². The Labute approximate surface area is 224 Å².